The molecule has 0 saturated carbocycles. The van der Waals surface area contributed by atoms with Crippen molar-refractivity contribution in [3.05, 3.63) is 111 Å². The van der Waals surface area contributed by atoms with Gasteiger partial charge in [0.1, 0.15) is 17.6 Å². The number of nitro benzene ring substituents is 1. The van der Waals surface area contributed by atoms with Crippen molar-refractivity contribution in [2.45, 2.75) is 12.1 Å². The Balaban J connectivity index is 1.56. The van der Waals surface area contributed by atoms with E-state index in [9.17, 15) is 10.1 Å². The van der Waals surface area contributed by atoms with E-state index in [-0.39, 0.29) is 17.8 Å². The van der Waals surface area contributed by atoms with Crippen LogP contribution in [0.25, 0.3) is 11.3 Å². The van der Waals surface area contributed by atoms with E-state index >= 15 is 0 Å². The van der Waals surface area contributed by atoms with Gasteiger partial charge in [-0.2, -0.15) is 0 Å². The topological polar surface area (TPSA) is 84.4 Å². The summed E-state index contributed by atoms with van der Waals surface area (Å²) in [7, 11) is 0. The zero-order chi connectivity index (χ0) is 22.9. The summed E-state index contributed by atoms with van der Waals surface area (Å²) < 4.78 is 7.25. The van der Waals surface area contributed by atoms with Crippen molar-refractivity contribution in [3.63, 3.8) is 0 Å². The molecule has 0 aliphatic carbocycles. The largest absolute Gasteiger partial charge is 0.459 e. The van der Waals surface area contributed by atoms with Gasteiger partial charge in [-0.05, 0) is 72.9 Å². The summed E-state index contributed by atoms with van der Waals surface area (Å²) in [6.45, 7) is 0. The van der Waals surface area contributed by atoms with Crippen molar-refractivity contribution in [2.24, 2.45) is 0 Å². The van der Waals surface area contributed by atoms with Crippen molar-refractivity contribution < 1.29 is 9.34 Å². The van der Waals surface area contributed by atoms with Gasteiger partial charge in [-0.1, -0.05) is 22.0 Å². The second kappa shape index (κ2) is 8.76. The van der Waals surface area contributed by atoms with Gasteiger partial charge in [-0.3, -0.25) is 15.1 Å². The molecule has 3 heterocycles. The minimum absolute atomic E-state index is 0.0347. The third-order valence-corrected chi connectivity index (χ3v) is 6.33. The molecule has 1 N–H and O–H groups in total. The van der Waals surface area contributed by atoms with Gasteiger partial charge in [0.25, 0.3) is 5.69 Å². The van der Waals surface area contributed by atoms with Gasteiger partial charge in [0.2, 0.25) is 0 Å². The maximum Gasteiger partial charge on any atom is 0.269 e. The summed E-state index contributed by atoms with van der Waals surface area (Å²) >= 11 is 9.20. The first-order valence-electron chi connectivity index (χ1n) is 10.1. The van der Waals surface area contributed by atoms with E-state index < -0.39 is 4.92 Å². The number of anilines is 1. The van der Waals surface area contributed by atoms with Crippen LogP contribution in [-0.2, 0) is 0 Å². The Labute approximate surface area is 203 Å². The summed E-state index contributed by atoms with van der Waals surface area (Å²) in [5.41, 5.74) is 2.56. The molecule has 5 rings (SSSR count). The van der Waals surface area contributed by atoms with Crippen molar-refractivity contribution >= 4 is 44.6 Å². The molecule has 0 radical (unpaired) electrons. The molecule has 2 aromatic carbocycles. The van der Waals surface area contributed by atoms with E-state index in [2.05, 4.69) is 26.2 Å². The molecule has 164 valence electrons. The Morgan fingerprint density at radius 2 is 1.79 bits per heavy atom. The predicted molar refractivity (Wildman–Crippen MR) is 133 cm³/mol. The van der Waals surface area contributed by atoms with Crippen molar-refractivity contribution in [1.29, 1.82) is 0 Å². The minimum atomic E-state index is -0.421. The summed E-state index contributed by atoms with van der Waals surface area (Å²) in [6.07, 6.45) is 1.75. The fourth-order valence-electron chi connectivity index (χ4n) is 3.94. The SMILES string of the molecule is O=[N+]([O-])c1ccc(-c2ccc([C@H]3[C@H](c4ccccn4)NC(=S)N3c3ccc(Br)cc3)o2)cc1. The molecule has 1 fully saturated rings. The summed E-state index contributed by atoms with van der Waals surface area (Å²) in [4.78, 5) is 17.1. The number of nitrogens with one attached hydrogen (secondary N) is 1. The van der Waals surface area contributed by atoms with E-state index in [4.69, 9.17) is 16.6 Å². The van der Waals surface area contributed by atoms with E-state index in [1.165, 1.54) is 12.1 Å². The first kappa shape index (κ1) is 21.3. The van der Waals surface area contributed by atoms with Crippen LogP contribution in [-0.4, -0.2) is 15.0 Å². The third-order valence-electron chi connectivity index (χ3n) is 5.48. The number of hydrogen-bond donors (Lipinski definition) is 1. The number of furan rings is 1. The molecule has 1 aliphatic rings. The fraction of sp³-hybridized carbons (Fsp3) is 0.0833. The monoisotopic (exact) mass is 520 g/mol. The first-order valence-corrected chi connectivity index (χ1v) is 11.3. The van der Waals surface area contributed by atoms with Crippen LogP contribution in [0, 0.1) is 10.1 Å². The van der Waals surface area contributed by atoms with Gasteiger partial charge in [-0.25, -0.2) is 0 Å². The van der Waals surface area contributed by atoms with Crippen molar-refractivity contribution in [3.8, 4) is 11.3 Å². The lowest BCUT2D eigenvalue weighted by Crippen LogP contribution is -2.29. The maximum absolute atomic E-state index is 11.0. The highest BCUT2D eigenvalue weighted by molar-refractivity contribution is 9.10. The molecule has 2 aromatic heterocycles. The summed E-state index contributed by atoms with van der Waals surface area (Å²) in [5, 5.41) is 14.9. The molecular weight excluding hydrogens is 504 g/mol. The Kier molecular flexibility index (Phi) is 5.65. The van der Waals surface area contributed by atoms with Crippen LogP contribution in [0.1, 0.15) is 23.5 Å². The number of aromatic nitrogens is 1. The fourth-order valence-corrected chi connectivity index (χ4v) is 4.55. The van der Waals surface area contributed by atoms with E-state index in [0.717, 1.165) is 21.4 Å². The number of halogens is 1. The van der Waals surface area contributed by atoms with E-state index in [0.29, 0.717) is 16.6 Å². The zero-order valence-electron chi connectivity index (χ0n) is 17.1. The molecule has 7 nitrogen and oxygen atoms in total. The molecule has 0 spiro atoms. The smallest absolute Gasteiger partial charge is 0.269 e. The summed E-state index contributed by atoms with van der Waals surface area (Å²) in [5.74, 6) is 1.32. The Bertz CT molecular complexity index is 1310. The highest BCUT2D eigenvalue weighted by atomic mass is 79.9. The Hall–Kier alpha value is -3.56. The molecule has 0 amide bonds. The molecule has 2 atom stereocenters. The Morgan fingerprint density at radius 3 is 2.45 bits per heavy atom. The highest BCUT2D eigenvalue weighted by Crippen LogP contribution is 2.43. The molecule has 1 saturated heterocycles. The average Bonchev–Trinajstić information content (AvgIpc) is 3.45. The number of non-ortho nitro benzene ring substituents is 1. The lowest BCUT2D eigenvalue weighted by Gasteiger charge is -2.26. The van der Waals surface area contributed by atoms with Gasteiger partial charge >= 0.3 is 0 Å². The number of benzene rings is 2. The Morgan fingerprint density at radius 1 is 1.03 bits per heavy atom. The van der Waals surface area contributed by atoms with Gasteiger partial charge in [-0.15, -0.1) is 0 Å². The zero-order valence-corrected chi connectivity index (χ0v) is 19.5. The number of hydrogen-bond acceptors (Lipinski definition) is 5. The van der Waals surface area contributed by atoms with Crippen molar-refractivity contribution in [1.82, 2.24) is 10.3 Å². The second-order valence-electron chi connectivity index (χ2n) is 7.48. The normalized spacial score (nSPS) is 17.7. The summed E-state index contributed by atoms with van der Waals surface area (Å²) in [6, 6.07) is 23.3. The number of nitro groups is 1. The standard InChI is InChI=1S/C24H17BrN4O3S/c25-16-6-10-17(11-7-16)28-23(22(27-24(28)33)19-3-1-2-14-26-19)21-13-12-20(32-21)15-4-8-18(9-5-15)29(30)31/h1-14,22-23H,(H,27,33)/t22-,23-/m0/s1. The van der Waals surface area contributed by atoms with Gasteiger partial charge < -0.3 is 14.6 Å². The van der Waals surface area contributed by atoms with E-state index in [1.807, 2.05) is 59.5 Å². The number of rotatable bonds is 5. The van der Waals surface area contributed by atoms with Crippen LogP contribution in [0.4, 0.5) is 11.4 Å². The van der Waals surface area contributed by atoms with Crippen molar-refractivity contribution in [2.75, 3.05) is 4.90 Å². The number of pyridine rings is 1. The maximum atomic E-state index is 11.0. The quantitative estimate of drug-likeness (QED) is 0.191. The lowest BCUT2D eigenvalue weighted by atomic mass is 10.0. The number of thiocarbonyl (C=S) groups is 1. The van der Waals surface area contributed by atoms with Crippen LogP contribution in [0.5, 0.6) is 0 Å². The second-order valence-corrected chi connectivity index (χ2v) is 8.78. The molecule has 1 aliphatic heterocycles. The molecule has 0 unspecified atom stereocenters. The highest BCUT2D eigenvalue weighted by Gasteiger charge is 2.42. The van der Waals surface area contributed by atoms with Crippen LogP contribution in [0.15, 0.2) is 93.9 Å². The van der Waals surface area contributed by atoms with Crippen LogP contribution < -0.4 is 10.2 Å². The minimum Gasteiger partial charge on any atom is -0.459 e. The average molecular weight is 521 g/mol. The van der Waals surface area contributed by atoms with Gasteiger partial charge in [0.05, 0.1) is 16.7 Å². The van der Waals surface area contributed by atoms with Crippen LogP contribution in [0.2, 0.25) is 0 Å². The first-order chi connectivity index (χ1) is 16.0. The van der Waals surface area contributed by atoms with Crippen LogP contribution >= 0.6 is 28.1 Å². The molecule has 9 heteroatoms. The molecular formula is C24H17BrN4O3S. The lowest BCUT2D eigenvalue weighted by molar-refractivity contribution is -0.384. The van der Waals surface area contributed by atoms with Gasteiger partial charge in [0, 0.05) is 34.1 Å². The molecule has 4 aromatic rings. The van der Waals surface area contributed by atoms with E-state index in [1.54, 1.807) is 18.3 Å². The molecule has 0 bridgehead atoms. The van der Waals surface area contributed by atoms with Gasteiger partial charge in [0.15, 0.2) is 5.11 Å². The van der Waals surface area contributed by atoms with Crippen LogP contribution in [0.3, 0.4) is 0 Å². The third kappa shape index (κ3) is 4.12. The predicted octanol–water partition coefficient (Wildman–Crippen LogP) is 6.19. The molecule has 33 heavy (non-hydrogen) atoms. The number of nitrogens with zero attached hydrogens (tertiary/aromatic N) is 3.